The molecule has 4 heteroatoms. The molecular weight excluding hydrogens is 220 g/mol. The summed E-state index contributed by atoms with van der Waals surface area (Å²) < 4.78 is 15.1. The van der Waals surface area contributed by atoms with E-state index < -0.39 is 11.4 Å². The molecule has 1 aliphatic heterocycles. The Labute approximate surface area is 102 Å². The largest absolute Gasteiger partial charge is 0.598 e. The molecule has 16 heavy (non-hydrogen) atoms. The lowest BCUT2D eigenvalue weighted by Gasteiger charge is -2.50. The van der Waals surface area contributed by atoms with Gasteiger partial charge in [-0.05, 0) is 65.0 Å². The minimum Gasteiger partial charge on any atom is -0.598 e. The van der Waals surface area contributed by atoms with Crippen molar-refractivity contribution >= 4 is 11.4 Å². The van der Waals surface area contributed by atoms with E-state index in [0.717, 1.165) is 13.1 Å². The second-order valence-corrected chi connectivity index (χ2v) is 8.35. The van der Waals surface area contributed by atoms with Gasteiger partial charge >= 0.3 is 0 Å². The smallest absolute Gasteiger partial charge is 0.136 e. The summed E-state index contributed by atoms with van der Waals surface area (Å²) in [6, 6.07) is 0.484. The first-order valence-corrected chi connectivity index (χ1v) is 7.45. The molecule has 1 saturated carbocycles. The van der Waals surface area contributed by atoms with Crippen LogP contribution in [0.1, 0.15) is 46.5 Å². The third kappa shape index (κ3) is 2.73. The van der Waals surface area contributed by atoms with Gasteiger partial charge in [-0.2, -0.15) is 0 Å². The van der Waals surface area contributed by atoms with Crippen LogP contribution in [-0.4, -0.2) is 28.4 Å². The van der Waals surface area contributed by atoms with Crippen LogP contribution in [0.15, 0.2) is 0 Å². The van der Waals surface area contributed by atoms with Crippen LogP contribution >= 0.6 is 0 Å². The minimum atomic E-state index is -0.903. The lowest BCUT2D eigenvalue weighted by Crippen LogP contribution is -2.56. The van der Waals surface area contributed by atoms with E-state index in [1.54, 1.807) is 0 Å². The third-order valence-corrected chi connectivity index (χ3v) is 5.51. The number of nitrogens with one attached hydrogen (secondary N) is 2. The Bertz CT molecular complexity index is 238. The van der Waals surface area contributed by atoms with Crippen molar-refractivity contribution in [2.24, 2.45) is 5.41 Å². The zero-order valence-corrected chi connectivity index (χ0v) is 11.5. The molecule has 1 aliphatic carbocycles. The van der Waals surface area contributed by atoms with Crippen molar-refractivity contribution in [2.45, 2.75) is 57.2 Å². The van der Waals surface area contributed by atoms with Gasteiger partial charge in [-0.25, -0.2) is 0 Å². The fourth-order valence-electron chi connectivity index (χ4n) is 2.76. The second kappa shape index (κ2) is 4.48. The van der Waals surface area contributed by atoms with Crippen molar-refractivity contribution in [3.05, 3.63) is 0 Å². The van der Waals surface area contributed by atoms with Gasteiger partial charge in [0.1, 0.15) is 4.75 Å². The van der Waals surface area contributed by atoms with Gasteiger partial charge in [-0.15, -0.1) is 4.72 Å². The topological polar surface area (TPSA) is 47.1 Å². The summed E-state index contributed by atoms with van der Waals surface area (Å²) in [5.41, 5.74) is 0.574. The first kappa shape index (κ1) is 12.7. The fraction of sp³-hybridized carbons (Fsp3) is 1.00. The monoisotopic (exact) mass is 244 g/mol. The molecule has 1 spiro atoms. The molecule has 3 nitrogen and oxygen atoms in total. The third-order valence-electron chi connectivity index (χ3n) is 3.85. The molecule has 0 aromatic heterocycles. The molecule has 0 amide bonds. The molecule has 2 N–H and O–H groups in total. The summed E-state index contributed by atoms with van der Waals surface area (Å²) >= 11 is -0.903. The Morgan fingerprint density at radius 2 is 1.81 bits per heavy atom. The minimum absolute atomic E-state index is 0.142. The maximum Gasteiger partial charge on any atom is 0.136 e. The van der Waals surface area contributed by atoms with Gasteiger partial charge < -0.3 is 9.87 Å². The maximum absolute atomic E-state index is 11.9. The van der Waals surface area contributed by atoms with Crippen LogP contribution in [0.4, 0.5) is 0 Å². The Balaban J connectivity index is 1.76. The van der Waals surface area contributed by atoms with Crippen molar-refractivity contribution in [3.8, 4) is 0 Å². The average molecular weight is 244 g/mol. The van der Waals surface area contributed by atoms with Crippen molar-refractivity contribution in [2.75, 3.05) is 13.1 Å². The molecule has 2 fully saturated rings. The Hall–Kier alpha value is 0.230. The quantitative estimate of drug-likeness (QED) is 0.725. The highest BCUT2D eigenvalue weighted by atomic mass is 32.2. The van der Waals surface area contributed by atoms with E-state index in [9.17, 15) is 4.55 Å². The van der Waals surface area contributed by atoms with E-state index >= 15 is 0 Å². The Morgan fingerprint density at radius 1 is 1.25 bits per heavy atom. The van der Waals surface area contributed by atoms with Gasteiger partial charge in [0.25, 0.3) is 0 Å². The lowest BCUT2D eigenvalue weighted by atomic mass is 9.61. The number of hydrogen-bond donors (Lipinski definition) is 2. The summed E-state index contributed by atoms with van der Waals surface area (Å²) in [6.45, 7) is 8.39. The summed E-state index contributed by atoms with van der Waals surface area (Å²) in [4.78, 5) is 0. The van der Waals surface area contributed by atoms with Crippen LogP contribution in [0.3, 0.4) is 0 Å². The van der Waals surface area contributed by atoms with Gasteiger partial charge in [-0.1, -0.05) is 0 Å². The first-order valence-electron chi connectivity index (χ1n) is 6.30. The summed E-state index contributed by atoms with van der Waals surface area (Å²) in [6.07, 6.45) is 5.04. The van der Waals surface area contributed by atoms with Gasteiger partial charge in [0.15, 0.2) is 0 Å². The number of rotatable bonds is 2. The van der Waals surface area contributed by atoms with Crippen LogP contribution in [0.5, 0.6) is 0 Å². The molecule has 0 bridgehead atoms. The van der Waals surface area contributed by atoms with Crippen LogP contribution in [-0.2, 0) is 11.4 Å². The molecule has 2 aliphatic rings. The van der Waals surface area contributed by atoms with Crippen LogP contribution < -0.4 is 10.0 Å². The predicted molar refractivity (Wildman–Crippen MR) is 68.6 cm³/mol. The molecule has 1 atom stereocenters. The van der Waals surface area contributed by atoms with Crippen molar-refractivity contribution < 1.29 is 4.55 Å². The van der Waals surface area contributed by atoms with E-state index in [4.69, 9.17) is 0 Å². The van der Waals surface area contributed by atoms with E-state index in [-0.39, 0.29) is 4.75 Å². The number of hydrogen-bond acceptors (Lipinski definition) is 3. The van der Waals surface area contributed by atoms with Gasteiger partial charge in [0, 0.05) is 11.4 Å². The van der Waals surface area contributed by atoms with E-state index in [1.807, 2.05) is 20.8 Å². The average Bonchev–Trinajstić information content (AvgIpc) is 2.15. The normalized spacial score (nSPS) is 27.8. The Morgan fingerprint density at radius 3 is 2.31 bits per heavy atom. The summed E-state index contributed by atoms with van der Waals surface area (Å²) in [5, 5.41) is 3.41. The van der Waals surface area contributed by atoms with Crippen LogP contribution in [0.2, 0.25) is 0 Å². The van der Waals surface area contributed by atoms with E-state index in [0.29, 0.717) is 11.5 Å². The second-order valence-electron chi connectivity index (χ2n) is 6.35. The van der Waals surface area contributed by atoms with Gasteiger partial charge in [0.05, 0.1) is 6.04 Å². The standard InChI is InChI=1S/C12H24N2OS/c1-11(2,3)16(15)14-10-8-12(9-10)4-6-13-7-5-12/h10,13-14H,4-9H2,1-3H3/t16-/m1/s1. The van der Waals surface area contributed by atoms with Crippen LogP contribution in [0, 0.1) is 5.41 Å². The van der Waals surface area contributed by atoms with Crippen molar-refractivity contribution in [1.29, 1.82) is 0 Å². The molecule has 94 valence electrons. The van der Waals surface area contributed by atoms with Gasteiger partial charge in [-0.3, -0.25) is 0 Å². The zero-order chi connectivity index (χ0) is 11.8. The molecule has 0 unspecified atom stereocenters. The molecule has 1 saturated heterocycles. The highest BCUT2D eigenvalue weighted by Crippen LogP contribution is 2.48. The van der Waals surface area contributed by atoms with Crippen molar-refractivity contribution in [1.82, 2.24) is 10.0 Å². The molecule has 1 heterocycles. The van der Waals surface area contributed by atoms with E-state index in [1.165, 1.54) is 25.7 Å². The molecular formula is C12H24N2OS. The summed E-state index contributed by atoms with van der Waals surface area (Å²) in [7, 11) is 0. The lowest BCUT2D eigenvalue weighted by molar-refractivity contribution is 0.0560. The first-order chi connectivity index (χ1) is 7.41. The predicted octanol–water partition coefficient (Wildman–Crippen LogP) is 1.57. The molecule has 0 radical (unpaired) electrons. The zero-order valence-electron chi connectivity index (χ0n) is 10.6. The van der Waals surface area contributed by atoms with Gasteiger partial charge in [0.2, 0.25) is 0 Å². The van der Waals surface area contributed by atoms with Crippen LogP contribution in [0.25, 0.3) is 0 Å². The summed E-state index contributed by atoms with van der Waals surface area (Å²) in [5.74, 6) is 0. The molecule has 0 aromatic carbocycles. The van der Waals surface area contributed by atoms with Crippen molar-refractivity contribution in [3.63, 3.8) is 0 Å². The molecule has 0 aromatic rings. The number of piperidine rings is 1. The SMILES string of the molecule is CC(C)(C)[S@@+]([O-])NC1CC2(CCNCC2)C1. The Kier molecular flexibility index (Phi) is 3.55. The maximum atomic E-state index is 11.9. The fourth-order valence-corrected chi connectivity index (χ4v) is 3.59. The highest BCUT2D eigenvalue weighted by Gasteiger charge is 2.46. The highest BCUT2D eigenvalue weighted by molar-refractivity contribution is 7.90. The molecule has 2 rings (SSSR count). The van der Waals surface area contributed by atoms with E-state index in [2.05, 4.69) is 10.0 Å².